The van der Waals surface area contributed by atoms with Crippen LogP contribution in [0.1, 0.15) is 37.0 Å². The molecule has 3 nitrogen and oxygen atoms in total. The fourth-order valence-electron chi connectivity index (χ4n) is 2.35. The Morgan fingerprint density at radius 2 is 2.00 bits per heavy atom. The quantitative estimate of drug-likeness (QED) is 0.848. The third kappa shape index (κ3) is 3.09. The van der Waals surface area contributed by atoms with Crippen LogP contribution in [-0.4, -0.2) is 25.0 Å². The number of hydrogen-bond acceptors (Lipinski definition) is 3. The first-order valence-corrected chi connectivity index (χ1v) is 6.32. The number of hydrogen-bond donors (Lipinski definition) is 1. The van der Waals surface area contributed by atoms with Gasteiger partial charge in [0, 0.05) is 12.1 Å². The van der Waals surface area contributed by atoms with Crippen molar-refractivity contribution in [3.63, 3.8) is 0 Å². The molecule has 0 aromatic carbocycles. The smallest absolute Gasteiger partial charge is 0.122 e. The Hall–Kier alpha value is -0.800. The molecular formula is C13H22N2O. The van der Waals surface area contributed by atoms with E-state index >= 15 is 0 Å². The van der Waals surface area contributed by atoms with Gasteiger partial charge in [0.05, 0.1) is 12.8 Å². The van der Waals surface area contributed by atoms with Crippen LogP contribution in [0.2, 0.25) is 0 Å². The van der Waals surface area contributed by atoms with Gasteiger partial charge in [-0.3, -0.25) is 4.90 Å². The normalized spacial score (nSPS) is 18.6. The number of rotatable bonds is 4. The second kappa shape index (κ2) is 6.06. The first-order valence-electron chi connectivity index (χ1n) is 6.32. The zero-order valence-electron chi connectivity index (χ0n) is 10.2. The molecule has 0 saturated carbocycles. The Labute approximate surface area is 97.8 Å². The molecule has 1 aromatic rings. The highest BCUT2D eigenvalue weighted by Crippen LogP contribution is 2.16. The summed E-state index contributed by atoms with van der Waals surface area (Å²) in [6.45, 7) is 4.32. The van der Waals surface area contributed by atoms with Gasteiger partial charge in [-0.1, -0.05) is 12.8 Å². The van der Waals surface area contributed by atoms with Gasteiger partial charge in [0.2, 0.25) is 0 Å². The maximum Gasteiger partial charge on any atom is 0.122 e. The highest BCUT2D eigenvalue weighted by Gasteiger charge is 2.13. The zero-order valence-corrected chi connectivity index (χ0v) is 10.2. The van der Waals surface area contributed by atoms with Gasteiger partial charge < -0.3 is 9.73 Å². The summed E-state index contributed by atoms with van der Waals surface area (Å²) in [5.41, 5.74) is 1.30. The number of nitrogens with one attached hydrogen (secondary N) is 1. The Kier molecular flexibility index (Phi) is 4.43. The summed E-state index contributed by atoms with van der Waals surface area (Å²) in [6, 6.07) is 2.07. The molecule has 1 aliphatic rings. The summed E-state index contributed by atoms with van der Waals surface area (Å²) in [5, 5.41) is 3.18. The van der Waals surface area contributed by atoms with Gasteiger partial charge in [-0.05, 0) is 39.0 Å². The Morgan fingerprint density at radius 3 is 2.69 bits per heavy atom. The molecule has 1 aliphatic heterocycles. The fourth-order valence-corrected chi connectivity index (χ4v) is 2.35. The molecule has 0 aliphatic carbocycles. The van der Waals surface area contributed by atoms with Gasteiger partial charge in [-0.15, -0.1) is 0 Å². The van der Waals surface area contributed by atoms with Crippen molar-refractivity contribution in [2.75, 3.05) is 20.1 Å². The summed E-state index contributed by atoms with van der Waals surface area (Å²) in [6.07, 6.45) is 7.25. The van der Waals surface area contributed by atoms with Crippen molar-refractivity contribution in [1.82, 2.24) is 10.2 Å². The molecule has 0 unspecified atom stereocenters. The first-order chi connectivity index (χ1) is 7.90. The third-order valence-corrected chi connectivity index (χ3v) is 3.27. The third-order valence-electron chi connectivity index (χ3n) is 3.27. The van der Waals surface area contributed by atoms with E-state index in [0.717, 1.165) is 18.8 Å². The molecule has 2 heterocycles. The number of furan rings is 1. The molecule has 1 fully saturated rings. The summed E-state index contributed by atoms with van der Waals surface area (Å²) in [7, 11) is 1.97. The van der Waals surface area contributed by atoms with Crippen LogP contribution in [0.25, 0.3) is 0 Å². The minimum absolute atomic E-state index is 0.902. The lowest BCUT2D eigenvalue weighted by Gasteiger charge is -2.18. The van der Waals surface area contributed by atoms with E-state index in [4.69, 9.17) is 4.42 Å². The lowest BCUT2D eigenvalue weighted by Crippen LogP contribution is -2.24. The first kappa shape index (κ1) is 11.7. The summed E-state index contributed by atoms with van der Waals surface area (Å²) < 4.78 is 5.58. The predicted octanol–water partition coefficient (Wildman–Crippen LogP) is 2.38. The monoisotopic (exact) mass is 222 g/mol. The number of nitrogens with zero attached hydrogens (tertiary/aromatic N) is 1. The zero-order chi connectivity index (χ0) is 11.2. The molecule has 0 radical (unpaired) electrons. The van der Waals surface area contributed by atoms with Crippen LogP contribution in [0.5, 0.6) is 0 Å². The largest absolute Gasteiger partial charge is 0.468 e. The van der Waals surface area contributed by atoms with Crippen molar-refractivity contribution >= 4 is 0 Å². The molecule has 0 atom stereocenters. The van der Waals surface area contributed by atoms with Gasteiger partial charge in [0.15, 0.2) is 0 Å². The Bertz CT molecular complexity index is 301. The van der Waals surface area contributed by atoms with Crippen LogP contribution in [0, 0.1) is 0 Å². The van der Waals surface area contributed by atoms with Crippen LogP contribution < -0.4 is 5.32 Å². The lowest BCUT2D eigenvalue weighted by molar-refractivity contribution is 0.252. The predicted molar refractivity (Wildman–Crippen MR) is 65.2 cm³/mol. The maximum absolute atomic E-state index is 5.58. The van der Waals surface area contributed by atoms with Crippen molar-refractivity contribution < 1.29 is 4.42 Å². The van der Waals surface area contributed by atoms with Crippen molar-refractivity contribution in [3.05, 3.63) is 23.7 Å². The summed E-state index contributed by atoms with van der Waals surface area (Å²) >= 11 is 0. The molecule has 90 valence electrons. The second-order valence-corrected chi connectivity index (χ2v) is 4.59. The summed E-state index contributed by atoms with van der Waals surface area (Å²) in [4.78, 5) is 2.52. The molecule has 3 heteroatoms. The molecule has 0 amide bonds. The minimum Gasteiger partial charge on any atom is -0.468 e. The van der Waals surface area contributed by atoms with Crippen molar-refractivity contribution in [1.29, 1.82) is 0 Å². The van der Waals surface area contributed by atoms with E-state index in [9.17, 15) is 0 Å². The fraction of sp³-hybridized carbons (Fsp3) is 0.692. The maximum atomic E-state index is 5.58. The van der Waals surface area contributed by atoms with Crippen molar-refractivity contribution in [2.24, 2.45) is 0 Å². The van der Waals surface area contributed by atoms with Crippen LogP contribution >= 0.6 is 0 Å². The average molecular weight is 222 g/mol. The van der Waals surface area contributed by atoms with Gasteiger partial charge in [-0.25, -0.2) is 0 Å². The molecule has 1 saturated heterocycles. The van der Waals surface area contributed by atoms with Crippen LogP contribution in [0.15, 0.2) is 16.7 Å². The van der Waals surface area contributed by atoms with Gasteiger partial charge in [0.25, 0.3) is 0 Å². The van der Waals surface area contributed by atoms with Crippen LogP contribution in [0.3, 0.4) is 0 Å². The molecule has 1 N–H and O–H groups in total. The molecule has 16 heavy (non-hydrogen) atoms. The summed E-state index contributed by atoms with van der Waals surface area (Å²) in [5.74, 6) is 1.14. The van der Waals surface area contributed by atoms with E-state index in [0.29, 0.717) is 0 Å². The van der Waals surface area contributed by atoms with E-state index in [1.165, 1.54) is 44.3 Å². The van der Waals surface area contributed by atoms with Crippen LogP contribution in [-0.2, 0) is 13.1 Å². The van der Waals surface area contributed by atoms with E-state index in [-0.39, 0.29) is 0 Å². The van der Waals surface area contributed by atoms with Crippen molar-refractivity contribution in [3.8, 4) is 0 Å². The van der Waals surface area contributed by atoms with Crippen LogP contribution in [0.4, 0.5) is 0 Å². The van der Waals surface area contributed by atoms with Gasteiger partial charge in [-0.2, -0.15) is 0 Å². The Balaban J connectivity index is 1.93. The minimum atomic E-state index is 0.902. The SMILES string of the molecule is CNCc1ccoc1CN1CCCCCC1. The topological polar surface area (TPSA) is 28.4 Å². The second-order valence-electron chi connectivity index (χ2n) is 4.59. The molecule has 0 spiro atoms. The number of likely N-dealkylation sites (tertiary alicyclic amines) is 1. The Morgan fingerprint density at radius 1 is 1.25 bits per heavy atom. The van der Waals surface area contributed by atoms with E-state index in [1.54, 1.807) is 6.26 Å². The average Bonchev–Trinajstić information content (AvgIpc) is 2.56. The van der Waals surface area contributed by atoms with E-state index in [1.807, 2.05) is 7.05 Å². The highest BCUT2D eigenvalue weighted by atomic mass is 16.3. The molecular weight excluding hydrogens is 200 g/mol. The van der Waals surface area contributed by atoms with Gasteiger partial charge >= 0.3 is 0 Å². The molecule has 0 bridgehead atoms. The standard InChI is InChI=1S/C13H22N2O/c1-14-10-12-6-9-16-13(12)11-15-7-4-2-3-5-8-15/h6,9,14H,2-5,7-8,10-11H2,1H3. The highest BCUT2D eigenvalue weighted by molar-refractivity contribution is 5.16. The lowest BCUT2D eigenvalue weighted by atomic mass is 10.2. The van der Waals surface area contributed by atoms with Crippen molar-refractivity contribution in [2.45, 2.75) is 38.8 Å². The van der Waals surface area contributed by atoms with E-state index in [2.05, 4.69) is 16.3 Å². The van der Waals surface area contributed by atoms with Gasteiger partial charge in [0.1, 0.15) is 5.76 Å². The molecule has 1 aromatic heterocycles. The molecule has 2 rings (SSSR count). The van der Waals surface area contributed by atoms with E-state index < -0.39 is 0 Å².